The van der Waals surface area contributed by atoms with E-state index in [0.29, 0.717) is 11.5 Å². The van der Waals surface area contributed by atoms with Crippen molar-refractivity contribution in [1.29, 1.82) is 0 Å². The Balaban J connectivity index is 1.77. The predicted octanol–water partition coefficient (Wildman–Crippen LogP) is 3.86. The molecule has 0 aromatic heterocycles. The van der Waals surface area contributed by atoms with E-state index in [1.165, 1.54) is 36.8 Å². The summed E-state index contributed by atoms with van der Waals surface area (Å²) in [6.45, 7) is 3.32. The van der Waals surface area contributed by atoms with E-state index in [-0.39, 0.29) is 6.10 Å². The molecule has 110 valence electrons. The third kappa shape index (κ3) is 2.64. The first kappa shape index (κ1) is 14.1. The maximum absolute atomic E-state index is 6.10. The van der Waals surface area contributed by atoms with Crippen molar-refractivity contribution >= 4 is 0 Å². The van der Waals surface area contributed by atoms with Crippen LogP contribution < -0.4 is 5.32 Å². The summed E-state index contributed by atoms with van der Waals surface area (Å²) in [6.07, 6.45) is 7.92. The first-order valence-corrected chi connectivity index (χ1v) is 8.09. The summed E-state index contributed by atoms with van der Waals surface area (Å²) in [5.41, 5.74) is 3.35. The fourth-order valence-corrected chi connectivity index (χ4v) is 4.17. The highest BCUT2D eigenvalue weighted by atomic mass is 16.5. The van der Waals surface area contributed by atoms with Crippen LogP contribution in [0, 0.1) is 5.41 Å². The molecule has 1 aromatic rings. The number of benzene rings is 1. The van der Waals surface area contributed by atoms with Crippen LogP contribution in [-0.2, 0) is 11.2 Å². The molecule has 0 bridgehead atoms. The minimum Gasteiger partial charge on any atom is -0.373 e. The van der Waals surface area contributed by atoms with E-state index < -0.39 is 0 Å². The third-order valence-corrected chi connectivity index (χ3v) is 5.48. The fraction of sp³-hybridized carbons (Fsp3) is 0.667. The van der Waals surface area contributed by atoms with E-state index in [1.807, 2.05) is 0 Å². The van der Waals surface area contributed by atoms with Crippen molar-refractivity contribution in [2.75, 3.05) is 13.7 Å². The van der Waals surface area contributed by atoms with Gasteiger partial charge in [0.2, 0.25) is 0 Å². The van der Waals surface area contributed by atoms with E-state index >= 15 is 0 Å². The van der Waals surface area contributed by atoms with E-state index in [1.54, 1.807) is 0 Å². The summed E-state index contributed by atoms with van der Waals surface area (Å²) in [5, 5.41) is 3.58. The maximum atomic E-state index is 6.10. The van der Waals surface area contributed by atoms with Crippen LogP contribution in [-0.4, -0.2) is 19.7 Å². The zero-order valence-corrected chi connectivity index (χ0v) is 12.8. The first-order valence-electron chi connectivity index (χ1n) is 8.09. The molecule has 1 saturated carbocycles. The minimum atomic E-state index is 0.273. The van der Waals surface area contributed by atoms with Gasteiger partial charge in [-0.15, -0.1) is 0 Å². The lowest BCUT2D eigenvalue weighted by Crippen LogP contribution is -2.42. The number of hydrogen-bond acceptors (Lipinski definition) is 2. The van der Waals surface area contributed by atoms with Crippen LogP contribution in [0.4, 0.5) is 0 Å². The molecule has 0 radical (unpaired) electrons. The number of hydrogen-bond donors (Lipinski definition) is 1. The number of nitrogens with one attached hydrogen (secondary N) is 1. The highest BCUT2D eigenvalue weighted by Crippen LogP contribution is 2.44. The van der Waals surface area contributed by atoms with Gasteiger partial charge in [0.05, 0.1) is 12.7 Å². The predicted molar refractivity (Wildman–Crippen MR) is 82.9 cm³/mol. The summed E-state index contributed by atoms with van der Waals surface area (Å²) in [7, 11) is 2.11. The Hall–Kier alpha value is -0.860. The van der Waals surface area contributed by atoms with Gasteiger partial charge >= 0.3 is 0 Å². The molecule has 20 heavy (non-hydrogen) atoms. The zero-order chi connectivity index (χ0) is 14.0. The fourth-order valence-electron chi connectivity index (χ4n) is 4.17. The topological polar surface area (TPSA) is 21.3 Å². The van der Waals surface area contributed by atoms with Crippen LogP contribution in [0.2, 0.25) is 0 Å². The number of fused-ring (bicyclic) bond motifs is 1. The number of rotatable bonds is 4. The Bertz CT molecular complexity index is 450. The summed E-state index contributed by atoms with van der Waals surface area (Å²) >= 11 is 0. The Morgan fingerprint density at radius 3 is 2.80 bits per heavy atom. The Morgan fingerprint density at radius 2 is 2.05 bits per heavy atom. The largest absolute Gasteiger partial charge is 0.373 e. The lowest BCUT2D eigenvalue weighted by atomic mass is 9.77. The van der Waals surface area contributed by atoms with Crippen molar-refractivity contribution in [3.63, 3.8) is 0 Å². The Morgan fingerprint density at radius 1 is 1.30 bits per heavy atom. The first-order chi connectivity index (χ1) is 9.73. The van der Waals surface area contributed by atoms with Crippen LogP contribution >= 0.6 is 0 Å². The molecule has 1 aliphatic carbocycles. The second kappa shape index (κ2) is 5.87. The number of ether oxygens (including phenoxy) is 1. The highest BCUT2D eigenvalue weighted by molar-refractivity contribution is 5.31. The quantitative estimate of drug-likeness (QED) is 0.899. The van der Waals surface area contributed by atoms with Gasteiger partial charge in [0.25, 0.3) is 0 Å². The van der Waals surface area contributed by atoms with Gasteiger partial charge < -0.3 is 10.1 Å². The smallest absolute Gasteiger partial charge is 0.0842 e. The molecule has 0 saturated heterocycles. The average molecular weight is 273 g/mol. The molecule has 1 heterocycles. The van der Waals surface area contributed by atoms with Gasteiger partial charge in [0.1, 0.15) is 0 Å². The standard InChI is InChI=1S/C18H27NO/c1-18(10-5-6-11-18)17(19-2)13-16-15-8-4-3-7-14(15)9-12-20-16/h3-4,7-8,16-17,19H,5-6,9-13H2,1-2H3. The molecule has 2 nitrogen and oxygen atoms in total. The van der Waals surface area contributed by atoms with Gasteiger partial charge in [-0.3, -0.25) is 0 Å². The van der Waals surface area contributed by atoms with Crippen molar-refractivity contribution in [2.45, 2.75) is 57.6 Å². The van der Waals surface area contributed by atoms with Crippen molar-refractivity contribution in [1.82, 2.24) is 5.32 Å². The second-order valence-electron chi connectivity index (χ2n) is 6.75. The molecule has 1 fully saturated rings. The molecule has 0 amide bonds. The SMILES string of the molecule is CNC(CC1OCCc2ccccc21)C1(C)CCCC1. The van der Waals surface area contributed by atoms with Gasteiger partial charge in [-0.05, 0) is 49.3 Å². The lowest BCUT2D eigenvalue weighted by Gasteiger charge is -2.37. The summed E-state index contributed by atoms with van der Waals surface area (Å²) in [4.78, 5) is 0. The van der Waals surface area contributed by atoms with Gasteiger partial charge in [0, 0.05) is 6.04 Å². The van der Waals surface area contributed by atoms with Crippen molar-refractivity contribution in [2.24, 2.45) is 5.41 Å². The van der Waals surface area contributed by atoms with Crippen molar-refractivity contribution in [3.05, 3.63) is 35.4 Å². The summed E-state index contributed by atoms with van der Waals surface area (Å²) in [5.74, 6) is 0. The molecule has 0 spiro atoms. The highest BCUT2D eigenvalue weighted by Gasteiger charge is 2.38. The third-order valence-electron chi connectivity index (χ3n) is 5.48. The monoisotopic (exact) mass is 273 g/mol. The molecule has 1 N–H and O–H groups in total. The lowest BCUT2D eigenvalue weighted by molar-refractivity contribution is 0.0171. The normalized spacial score (nSPS) is 26.2. The molecule has 1 aromatic carbocycles. The molecule has 1 aliphatic heterocycles. The van der Waals surface area contributed by atoms with Gasteiger partial charge in [-0.1, -0.05) is 44.0 Å². The maximum Gasteiger partial charge on any atom is 0.0842 e. The van der Waals surface area contributed by atoms with Gasteiger partial charge in [-0.2, -0.15) is 0 Å². The minimum absolute atomic E-state index is 0.273. The summed E-state index contributed by atoms with van der Waals surface area (Å²) < 4.78 is 6.10. The van der Waals surface area contributed by atoms with Crippen LogP contribution in [0.25, 0.3) is 0 Å². The van der Waals surface area contributed by atoms with Gasteiger partial charge in [-0.25, -0.2) is 0 Å². The van der Waals surface area contributed by atoms with E-state index in [0.717, 1.165) is 19.4 Å². The molecule has 2 atom stereocenters. The van der Waals surface area contributed by atoms with Crippen LogP contribution in [0.3, 0.4) is 0 Å². The van der Waals surface area contributed by atoms with Crippen LogP contribution in [0.15, 0.2) is 24.3 Å². The van der Waals surface area contributed by atoms with Crippen molar-refractivity contribution < 1.29 is 4.74 Å². The van der Waals surface area contributed by atoms with E-state index in [4.69, 9.17) is 4.74 Å². The Kier molecular flexibility index (Phi) is 4.13. The van der Waals surface area contributed by atoms with Crippen LogP contribution in [0.1, 0.15) is 56.3 Å². The molecular weight excluding hydrogens is 246 g/mol. The second-order valence-corrected chi connectivity index (χ2v) is 6.75. The van der Waals surface area contributed by atoms with Crippen LogP contribution in [0.5, 0.6) is 0 Å². The molecule has 2 aliphatic rings. The molecule has 2 unspecified atom stereocenters. The van der Waals surface area contributed by atoms with E-state index in [9.17, 15) is 0 Å². The average Bonchev–Trinajstić information content (AvgIpc) is 2.92. The van der Waals surface area contributed by atoms with Crippen molar-refractivity contribution in [3.8, 4) is 0 Å². The van der Waals surface area contributed by atoms with E-state index in [2.05, 4.69) is 43.6 Å². The Labute approximate surface area is 122 Å². The zero-order valence-electron chi connectivity index (χ0n) is 12.8. The molecule has 2 heteroatoms. The molecular formula is C18H27NO. The summed E-state index contributed by atoms with van der Waals surface area (Å²) in [6, 6.07) is 9.36. The van der Waals surface area contributed by atoms with Gasteiger partial charge in [0.15, 0.2) is 0 Å². The molecule has 3 rings (SSSR count).